The molecule has 0 spiro atoms. The van der Waals surface area contributed by atoms with Crippen LogP contribution < -0.4 is 10.6 Å². The first-order valence-electron chi connectivity index (χ1n) is 6.38. The number of benzene rings is 2. The summed E-state index contributed by atoms with van der Waals surface area (Å²) in [4.78, 5) is 0. The minimum Gasteiger partial charge on any atom is -0.332 e. The van der Waals surface area contributed by atoms with Crippen molar-refractivity contribution in [2.45, 2.75) is 13.1 Å². The zero-order valence-corrected chi connectivity index (χ0v) is 13.3. The van der Waals surface area contributed by atoms with E-state index in [2.05, 4.69) is 10.6 Å². The summed E-state index contributed by atoms with van der Waals surface area (Å²) < 4.78 is 52.3. The Kier molecular flexibility index (Phi) is 5.11. The van der Waals surface area contributed by atoms with Crippen LogP contribution in [0.2, 0.25) is 5.02 Å². The van der Waals surface area contributed by atoms with Crippen molar-refractivity contribution in [3.8, 4) is 0 Å². The third-order valence-electron chi connectivity index (χ3n) is 2.98. The van der Waals surface area contributed by atoms with Crippen molar-refractivity contribution in [2.24, 2.45) is 0 Å². The van der Waals surface area contributed by atoms with E-state index in [1.54, 1.807) is 6.92 Å². The molecule has 0 aliphatic heterocycles. The lowest BCUT2D eigenvalue weighted by atomic mass is 10.1. The van der Waals surface area contributed by atoms with E-state index in [1.165, 1.54) is 30.3 Å². The monoisotopic (exact) mass is 362 g/mol. The number of rotatable bonds is 2. The standard InChI is InChI=1S/C15H11ClF4N2S/c1-8-2-4-10(17)7-13(8)22-14(23)21-12-5-3-9(16)6-11(12)15(18,19)20/h2-7H,1H3,(H2,21,22,23). The highest BCUT2D eigenvalue weighted by Gasteiger charge is 2.34. The fourth-order valence-electron chi connectivity index (χ4n) is 1.86. The molecule has 2 aromatic rings. The molecule has 2 rings (SSSR count). The Morgan fingerprint density at radius 2 is 1.70 bits per heavy atom. The molecule has 2 N–H and O–H groups in total. The van der Waals surface area contributed by atoms with Gasteiger partial charge in [0.15, 0.2) is 5.11 Å². The maximum Gasteiger partial charge on any atom is 0.418 e. The Morgan fingerprint density at radius 1 is 1.04 bits per heavy atom. The third kappa shape index (κ3) is 4.56. The highest BCUT2D eigenvalue weighted by atomic mass is 35.5. The van der Waals surface area contributed by atoms with Crippen molar-refractivity contribution < 1.29 is 17.6 Å². The van der Waals surface area contributed by atoms with Crippen LogP contribution in [0.25, 0.3) is 0 Å². The Hall–Kier alpha value is -1.86. The predicted molar refractivity (Wildman–Crippen MR) is 87.4 cm³/mol. The van der Waals surface area contributed by atoms with E-state index in [4.69, 9.17) is 23.8 Å². The molecule has 0 bridgehead atoms. The summed E-state index contributed by atoms with van der Waals surface area (Å²) in [7, 11) is 0. The van der Waals surface area contributed by atoms with Crippen LogP contribution in [-0.2, 0) is 6.18 Å². The molecule has 0 aliphatic rings. The van der Waals surface area contributed by atoms with E-state index >= 15 is 0 Å². The Bertz CT molecular complexity index is 747. The average Bonchev–Trinajstić information content (AvgIpc) is 2.43. The van der Waals surface area contributed by atoms with Gasteiger partial charge in [-0.1, -0.05) is 17.7 Å². The smallest absolute Gasteiger partial charge is 0.332 e. The minimum atomic E-state index is -4.59. The van der Waals surface area contributed by atoms with Gasteiger partial charge in [0.05, 0.1) is 11.3 Å². The number of aryl methyl sites for hydroxylation is 1. The topological polar surface area (TPSA) is 24.1 Å². The zero-order valence-electron chi connectivity index (χ0n) is 11.8. The van der Waals surface area contributed by atoms with Crippen molar-refractivity contribution in [1.29, 1.82) is 0 Å². The van der Waals surface area contributed by atoms with Gasteiger partial charge >= 0.3 is 6.18 Å². The van der Waals surface area contributed by atoms with Gasteiger partial charge in [-0.05, 0) is 55.0 Å². The number of halogens is 5. The van der Waals surface area contributed by atoms with Crippen molar-refractivity contribution in [3.05, 3.63) is 58.4 Å². The van der Waals surface area contributed by atoms with Crippen LogP contribution >= 0.6 is 23.8 Å². The maximum atomic E-state index is 13.2. The number of anilines is 2. The van der Waals surface area contributed by atoms with Crippen LogP contribution in [0.4, 0.5) is 28.9 Å². The lowest BCUT2D eigenvalue weighted by Crippen LogP contribution is -2.22. The fourth-order valence-corrected chi connectivity index (χ4v) is 2.26. The molecule has 0 saturated heterocycles. The second-order valence-corrected chi connectivity index (χ2v) is 5.57. The summed E-state index contributed by atoms with van der Waals surface area (Å²) in [6, 6.07) is 7.31. The van der Waals surface area contributed by atoms with Gasteiger partial charge in [0.1, 0.15) is 5.82 Å². The molecule has 2 aromatic carbocycles. The second kappa shape index (κ2) is 6.72. The first-order valence-corrected chi connectivity index (χ1v) is 7.16. The molecule has 0 heterocycles. The minimum absolute atomic E-state index is 0.0391. The van der Waals surface area contributed by atoms with Crippen LogP contribution in [-0.4, -0.2) is 5.11 Å². The fraction of sp³-hybridized carbons (Fsp3) is 0.133. The highest BCUT2D eigenvalue weighted by molar-refractivity contribution is 7.80. The van der Waals surface area contributed by atoms with Crippen LogP contribution in [0.3, 0.4) is 0 Å². The molecule has 0 radical (unpaired) electrons. The SMILES string of the molecule is Cc1ccc(F)cc1NC(=S)Nc1ccc(Cl)cc1C(F)(F)F. The molecule has 0 aromatic heterocycles. The largest absolute Gasteiger partial charge is 0.418 e. The normalized spacial score (nSPS) is 11.2. The molecule has 2 nitrogen and oxygen atoms in total. The highest BCUT2D eigenvalue weighted by Crippen LogP contribution is 2.36. The summed E-state index contributed by atoms with van der Waals surface area (Å²) in [5.41, 5.74) is -0.119. The third-order valence-corrected chi connectivity index (χ3v) is 3.42. The molecule has 0 atom stereocenters. The van der Waals surface area contributed by atoms with Crippen LogP contribution in [0.15, 0.2) is 36.4 Å². The van der Waals surface area contributed by atoms with Gasteiger partial charge in [-0.25, -0.2) is 4.39 Å². The molecule has 0 aliphatic carbocycles. The van der Waals surface area contributed by atoms with Crippen molar-refractivity contribution in [1.82, 2.24) is 0 Å². The first-order chi connectivity index (χ1) is 10.7. The summed E-state index contributed by atoms with van der Waals surface area (Å²) >= 11 is 10.6. The van der Waals surface area contributed by atoms with Crippen LogP contribution in [0.1, 0.15) is 11.1 Å². The first kappa shape index (κ1) is 17.5. The number of thiocarbonyl (C=S) groups is 1. The molecule has 8 heteroatoms. The van der Waals surface area contributed by atoms with E-state index in [1.807, 2.05) is 0 Å². The van der Waals surface area contributed by atoms with E-state index in [0.29, 0.717) is 11.3 Å². The quantitative estimate of drug-likeness (QED) is 0.536. The lowest BCUT2D eigenvalue weighted by molar-refractivity contribution is -0.136. The molecule has 0 fully saturated rings. The number of nitrogens with one attached hydrogen (secondary N) is 2. The summed E-state index contributed by atoms with van der Waals surface area (Å²) in [5, 5.41) is 5.00. The van der Waals surface area contributed by atoms with Crippen molar-refractivity contribution in [3.63, 3.8) is 0 Å². The second-order valence-electron chi connectivity index (χ2n) is 4.73. The Morgan fingerprint density at radius 3 is 2.35 bits per heavy atom. The van der Waals surface area contributed by atoms with Gasteiger partial charge in [0.2, 0.25) is 0 Å². The number of alkyl halides is 3. The Balaban J connectivity index is 2.22. The number of hydrogen-bond acceptors (Lipinski definition) is 1. The molecule has 0 saturated carbocycles. The van der Waals surface area contributed by atoms with E-state index < -0.39 is 17.6 Å². The summed E-state index contributed by atoms with van der Waals surface area (Å²) in [6.07, 6.45) is -4.59. The van der Waals surface area contributed by atoms with E-state index in [-0.39, 0.29) is 15.8 Å². The van der Waals surface area contributed by atoms with E-state index in [0.717, 1.165) is 6.07 Å². The Labute approximate surface area is 140 Å². The summed E-state index contributed by atoms with van der Waals surface area (Å²) in [6.45, 7) is 1.72. The molecule has 0 unspecified atom stereocenters. The van der Waals surface area contributed by atoms with Crippen molar-refractivity contribution >= 4 is 40.3 Å². The van der Waals surface area contributed by atoms with Gasteiger partial charge in [0.25, 0.3) is 0 Å². The van der Waals surface area contributed by atoms with Gasteiger partial charge in [-0.2, -0.15) is 13.2 Å². The molecule has 23 heavy (non-hydrogen) atoms. The van der Waals surface area contributed by atoms with Gasteiger partial charge in [-0.3, -0.25) is 0 Å². The molecular formula is C15H11ClF4N2S. The lowest BCUT2D eigenvalue weighted by Gasteiger charge is -2.17. The van der Waals surface area contributed by atoms with Crippen molar-refractivity contribution in [2.75, 3.05) is 10.6 Å². The van der Waals surface area contributed by atoms with Crippen LogP contribution in [0, 0.1) is 12.7 Å². The van der Waals surface area contributed by atoms with E-state index in [9.17, 15) is 17.6 Å². The molecule has 0 amide bonds. The van der Waals surface area contributed by atoms with Gasteiger partial charge in [-0.15, -0.1) is 0 Å². The molecular weight excluding hydrogens is 352 g/mol. The van der Waals surface area contributed by atoms with Crippen LogP contribution in [0.5, 0.6) is 0 Å². The molecule has 122 valence electrons. The summed E-state index contributed by atoms with van der Waals surface area (Å²) in [5.74, 6) is -0.483. The zero-order chi connectivity index (χ0) is 17.2. The maximum absolute atomic E-state index is 13.2. The average molecular weight is 363 g/mol. The predicted octanol–water partition coefficient (Wildman–Crippen LogP) is 5.62. The number of hydrogen-bond donors (Lipinski definition) is 2. The van der Waals surface area contributed by atoms with Gasteiger partial charge < -0.3 is 10.6 Å². The van der Waals surface area contributed by atoms with Gasteiger partial charge in [0, 0.05) is 10.7 Å².